The maximum Gasteiger partial charge on any atom is 0.270 e. The van der Waals surface area contributed by atoms with E-state index in [4.69, 9.17) is 0 Å². The minimum absolute atomic E-state index is 0.196. The van der Waals surface area contributed by atoms with Crippen LogP contribution in [0, 0.1) is 29.0 Å². The Hall–Kier alpha value is -3.21. The molecule has 1 N–H and O–H groups in total. The number of benzene rings is 1. The van der Waals surface area contributed by atoms with E-state index in [1.165, 1.54) is 21.9 Å². The van der Waals surface area contributed by atoms with Gasteiger partial charge in [-0.3, -0.25) is 9.59 Å². The first-order chi connectivity index (χ1) is 14.4. The average Bonchev–Trinajstić information content (AvgIpc) is 3.29. The molecule has 1 saturated heterocycles. The number of halogens is 1. The number of hydrogen-bond acceptors (Lipinski definition) is 4. The fraction of sp³-hybridized carbons (Fsp3) is 0.455. The molecular weight excluding hydrogens is 387 g/mol. The summed E-state index contributed by atoms with van der Waals surface area (Å²) in [6.07, 6.45) is 3.61. The monoisotopic (exact) mass is 410 g/mol. The van der Waals surface area contributed by atoms with E-state index in [0.717, 1.165) is 19.1 Å². The van der Waals surface area contributed by atoms with E-state index in [9.17, 15) is 24.0 Å². The van der Waals surface area contributed by atoms with Crippen molar-refractivity contribution in [3.63, 3.8) is 0 Å². The highest BCUT2D eigenvalue weighted by molar-refractivity contribution is 6.00. The fourth-order valence-electron chi connectivity index (χ4n) is 4.18. The van der Waals surface area contributed by atoms with Crippen LogP contribution in [0.15, 0.2) is 24.3 Å². The minimum atomic E-state index is -0.734. The number of likely N-dealkylation sites (tertiary alicyclic amines) is 1. The van der Waals surface area contributed by atoms with Gasteiger partial charge in [-0.15, -0.1) is 0 Å². The molecule has 1 aromatic carbocycles. The van der Waals surface area contributed by atoms with Crippen molar-refractivity contribution in [2.24, 2.45) is 11.8 Å². The molecule has 7 nitrogen and oxygen atoms in total. The van der Waals surface area contributed by atoms with Crippen LogP contribution in [0.2, 0.25) is 0 Å². The number of fused-ring (bicyclic) bond motifs is 1. The van der Waals surface area contributed by atoms with Crippen LogP contribution in [0.25, 0.3) is 10.9 Å². The van der Waals surface area contributed by atoms with E-state index in [2.05, 4.69) is 11.1 Å². The number of amides is 2. The van der Waals surface area contributed by atoms with Crippen LogP contribution >= 0.6 is 0 Å². The molecule has 1 aromatic heterocycles. The molecule has 1 saturated carbocycles. The van der Waals surface area contributed by atoms with Crippen molar-refractivity contribution >= 4 is 29.0 Å². The third-order valence-corrected chi connectivity index (χ3v) is 6.13. The third kappa shape index (κ3) is 3.67. The number of aromatic amines is 1. The van der Waals surface area contributed by atoms with Gasteiger partial charge in [0.2, 0.25) is 5.91 Å². The Balaban J connectivity index is 1.60. The first kappa shape index (κ1) is 20.1. The highest BCUT2D eigenvalue weighted by atomic mass is 19.1. The number of carbonyl (C=O) groups excluding carboxylic acids is 3. The van der Waals surface area contributed by atoms with Gasteiger partial charge in [0.05, 0.1) is 6.07 Å². The summed E-state index contributed by atoms with van der Waals surface area (Å²) < 4.78 is 14.0. The zero-order valence-corrected chi connectivity index (χ0v) is 16.7. The van der Waals surface area contributed by atoms with Crippen LogP contribution in [0.5, 0.6) is 0 Å². The topological polar surface area (TPSA) is 97.3 Å². The predicted molar refractivity (Wildman–Crippen MR) is 107 cm³/mol. The van der Waals surface area contributed by atoms with Crippen molar-refractivity contribution in [2.45, 2.75) is 37.8 Å². The number of carbonyl (C=O) groups is 3. The van der Waals surface area contributed by atoms with Crippen molar-refractivity contribution in [2.75, 3.05) is 13.6 Å². The van der Waals surface area contributed by atoms with Gasteiger partial charge in [-0.1, -0.05) is 18.9 Å². The molecule has 0 spiro atoms. The van der Waals surface area contributed by atoms with Crippen molar-refractivity contribution in [1.29, 1.82) is 5.26 Å². The molecule has 2 aliphatic rings. The van der Waals surface area contributed by atoms with Crippen LogP contribution in [-0.4, -0.2) is 58.6 Å². The average molecular weight is 410 g/mol. The standard InChI is InChI=1S/C22H23FN4O3/c1-26(21(29)19-9-16-17(23)3-2-4-18(16)25-19)20(8-13-5-6-13)22(30)27-11-14(12-28)7-15(27)10-24/h2-4,9,12-15,20,25H,5-8,11H2,1H3. The lowest BCUT2D eigenvalue weighted by Gasteiger charge is -2.32. The number of nitrogens with zero attached hydrogens (tertiary/aromatic N) is 3. The summed E-state index contributed by atoms with van der Waals surface area (Å²) in [6.45, 7) is 0.196. The highest BCUT2D eigenvalue weighted by Gasteiger charge is 2.42. The quantitative estimate of drug-likeness (QED) is 0.740. The van der Waals surface area contributed by atoms with E-state index < -0.39 is 23.8 Å². The number of nitrogens with one attached hydrogen (secondary N) is 1. The number of hydrogen-bond donors (Lipinski definition) is 1. The second-order valence-electron chi connectivity index (χ2n) is 8.26. The Morgan fingerprint density at radius 2 is 2.20 bits per heavy atom. The molecule has 2 amide bonds. The van der Waals surface area contributed by atoms with E-state index in [0.29, 0.717) is 29.7 Å². The maximum absolute atomic E-state index is 14.0. The van der Waals surface area contributed by atoms with Gasteiger partial charge in [0.25, 0.3) is 5.91 Å². The van der Waals surface area contributed by atoms with Gasteiger partial charge in [-0.25, -0.2) is 4.39 Å². The van der Waals surface area contributed by atoms with Gasteiger partial charge in [-0.2, -0.15) is 5.26 Å². The molecule has 8 heteroatoms. The molecule has 3 unspecified atom stereocenters. The molecule has 1 aliphatic carbocycles. The summed E-state index contributed by atoms with van der Waals surface area (Å²) in [5.74, 6) is -1.15. The zero-order valence-electron chi connectivity index (χ0n) is 16.7. The normalized spacial score (nSPS) is 22.0. The third-order valence-electron chi connectivity index (χ3n) is 6.13. The molecule has 4 rings (SSSR count). The van der Waals surface area contributed by atoms with Gasteiger partial charge in [0.1, 0.15) is 29.9 Å². The lowest BCUT2D eigenvalue weighted by atomic mass is 10.1. The van der Waals surface area contributed by atoms with Crippen LogP contribution in [0.1, 0.15) is 36.2 Å². The van der Waals surface area contributed by atoms with Crippen LogP contribution in [0.3, 0.4) is 0 Å². The minimum Gasteiger partial charge on any atom is -0.350 e. The molecular formula is C22H23FN4O3. The SMILES string of the molecule is CN(C(=O)c1cc2c(F)cccc2[nH]1)C(CC1CC1)C(=O)N1CC(C=O)CC1C#N. The van der Waals surface area contributed by atoms with Crippen LogP contribution < -0.4 is 0 Å². The summed E-state index contributed by atoms with van der Waals surface area (Å²) in [4.78, 5) is 43.4. The molecule has 0 bridgehead atoms. The van der Waals surface area contributed by atoms with E-state index in [1.807, 2.05) is 0 Å². The molecule has 30 heavy (non-hydrogen) atoms. The number of likely N-dealkylation sites (N-methyl/N-ethyl adjacent to an activating group) is 1. The summed E-state index contributed by atoms with van der Waals surface area (Å²) in [7, 11) is 1.56. The molecule has 2 fully saturated rings. The second kappa shape index (κ2) is 7.90. The van der Waals surface area contributed by atoms with Gasteiger partial charge in [-0.05, 0) is 37.0 Å². The number of H-pyrrole nitrogens is 1. The summed E-state index contributed by atoms with van der Waals surface area (Å²) >= 11 is 0. The molecule has 3 atom stereocenters. The Kier molecular flexibility index (Phi) is 5.29. The van der Waals surface area contributed by atoms with E-state index >= 15 is 0 Å². The van der Waals surface area contributed by atoms with Crippen molar-refractivity contribution < 1.29 is 18.8 Å². The number of rotatable bonds is 6. The fourth-order valence-corrected chi connectivity index (χ4v) is 4.18. The summed E-state index contributed by atoms with van der Waals surface area (Å²) in [5, 5.41) is 9.74. The van der Waals surface area contributed by atoms with Crippen molar-refractivity contribution in [3.8, 4) is 6.07 Å². The van der Waals surface area contributed by atoms with Crippen LogP contribution in [-0.2, 0) is 9.59 Å². The lowest BCUT2D eigenvalue weighted by molar-refractivity contribution is -0.136. The second-order valence-corrected chi connectivity index (χ2v) is 8.26. The lowest BCUT2D eigenvalue weighted by Crippen LogP contribution is -2.51. The Labute approximate surface area is 173 Å². The largest absolute Gasteiger partial charge is 0.350 e. The predicted octanol–water partition coefficient (Wildman–Crippen LogP) is 2.49. The molecule has 2 heterocycles. The number of aromatic nitrogens is 1. The smallest absolute Gasteiger partial charge is 0.270 e. The molecule has 0 radical (unpaired) electrons. The van der Waals surface area contributed by atoms with Gasteiger partial charge < -0.3 is 19.6 Å². The van der Waals surface area contributed by atoms with Crippen molar-refractivity contribution in [3.05, 3.63) is 35.8 Å². The Bertz CT molecular complexity index is 1040. The number of nitriles is 1. The maximum atomic E-state index is 14.0. The Morgan fingerprint density at radius 3 is 2.83 bits per heavy atom. The molecule has 1 aliphatic heterocycles. The Morgan fingerprint density at radius 1 is 1.43 bits per heavy atom. The highest BCUT2D eigenvalue weighted by Crippen LogP contribution is 2.36. The molecule has 2 aromatic rings. The van der Waals surface area contributed by atoms with E-state index in [1.54, 1.807) is 19.2 Å². The van der Waals surface area contributed by atoms with Crippen molar-refractivity contribution in [1.82, 2.24) is 14.8 Å². The van der Waals surface area contributed by atoms with Crippen LogP contribution in [0.4, 0.5) is 4.39 Å². The van der Waals surface area contributed by atoms with Gasteiger partial charge in [0, 0.05) is 30.4 Å². The summed E-state index contributed by atoms with van der Waals surface area (Å²) in [6, 6.07) is 6.73. The summed E-state index contributed by atoms with van der Waals surface area (Å²) in [5.41, 5.74) is 0.713. The van der Waals surface area contributed by atoms with E-state index in [-0.39, 0.29) is 24.1 Å². The molecule has 156 valence electrons. The first-order valence-corrected chi connectivity index (χ1v) is 10.1. The van der Waals surface area contributed by atoms with Gasteiger partial charge in [0.15, 0.2) is 0 Å². The number of aldehydes is 1. The first-order valence-electron chi connectivity index (χ1n) is 10.1. The zero-order chi connectivity index (χ0) is 21.4. The van der Waals surface area contributed by atoms with Gasteiger partial charge >= 0.3 is 0 Å².